The zero-order valence-corrected chi connectivity index (χ0v) is 15.0. The highest BCUT2D eigenvalue weighted by atomic mass is 32.1. The van der Waals surface area contributed by atoms with Gasteiger partial charge in [0.25, 0.3) is 0 Å². The molecule has 3 rings (SSSR count). The molecule has 0 amide bonds. The van der Waals surface area contributed by atoms with Crippen LogP contribution in [-0.2, 0) is 11.3 Å². The second-order valence-corrected chi connectivity index (χ2v) is 6.34. The summed E-state index contributed by atoms with van der Waals surface area (Å²) in [7, 11) is 0. The molecule has 0 radical (unpaired) electrons. The van der Waals surface area contributed by atoms with Gasteiger partial charge in [-0.15, -0.1) is 11.3 Å². The smallest absolute Gasteiger partial charge is 0.357 e. The molecule has 0 aliphatic heterocycles. The van der Waals surface area contributed by atoms with Crippen molar-refractivity contribution in [2.24, 2.45) is 0 Å². The van der Waals surface area contributed by atoms with Gasteiger partial charge in [0.05, 0.1) is 12.2 Å². The first-order chi connectivity index (χ1) is 12.2. The molecule has 1 aromatic heterocycles. The summed E-state index contributed by atoms with van der Waals surface area (Å²) >= 11 is 1.41. The summed E-state index contributed by atoms with van der Waals surface area (Å²) in [5, 5.41) is 2.46. The Morgan fingerprint density at radius 3 is 2.68 bits per heavy atom. The molecule has 2 aromatic carbocycles. The molecule has 0 saturated carbocycles. The van der Waals surface area contributed by atoms with Crippen molar-refractivity contribution in [2.45, 2.75) is 20.5 Å². The van der Waals surface area contributed by atoms with E-state index < -0.39 is 5.97 Å². The molecule has 3 aromatic rings. The summed E-state index contributed by atoms with van der Waals surface area (Å²) in [6.45, 7) is 4.60. The van der Waals surface area contributed by atoms with Crippen molar-refractivity contribution in [3.8, 4) is 16.3 Å². The van der Waals surface area contributed by atoms with Crippen molar-refractivity contribution < 1.29 is 14.3 Å². The fourth-order valence-electron chi connectivity index (χ4n) is 2.44. The molecule has 0 N–H and O–H groups in total. The minimum atomic E-state index is -0.399. The van der Waals surface area contributed by atoms with Gasteiger partial charge in [0.15, 0.2) is 5.69 Å². The first-order valence-corrected chi connectivity index (χ1v) is 8.96. The fraction of sp³-hybridized carbons (Fsp3) is 0.200. The van der Waals surface area contributed by atoms with E-state index >= 15 is 0 Å². The van der Waals surface area contributed by atoms with E-state index in [1.165, 1.54) is 11.3 Å². The van der Waals surface area contributed by atoms with Gasteiger partial charge < -0.3 is 9.47 Å². The van der Waals surface area contributed by atoms with E-state index in [1.807, 2.05) is 55.5 Å². The molecule has 0 saturated heterocycles. The minimum Gasteiger partial charge on any atom is -0.488 e. The van der Waals surface area contributed by atoms with Crippen molar-refractivity contribution in [3.05, 3.63) is 70.7 Å². The van der Waals surface area contributed by atoms with Crippen molar-refractivity contribution >= 4 is 17.3 Å². The SMILES string of the molecule is CCOC(=O)c1csc(-c2cccc(C)c2OCc2ccccc2)n1. The van der Waals surface area contributed by atoms with Crippen molar-refractivity contribution in [2.75, 3.05) is 6.61 Å². The van der Waals surface area contributed by atoms with Crippen LogP contribution in [0.1, 0.15) is 28.5 Å². The number of carbonyl (C=O) groups is 1. The van der Waals surface area contributed by atoms with Gasteiger partial charge in [-0.2, -0.15) is 0 Å². The molecular weight excluding hydrogens is 334 g/mol. The molecule has 128 valence electrons. The number of carbonyl (C=O) groups excluding carboxylic acids is 1. The Bertz CT molecular complexity index is 858. The van der Waals surface area contributed by atoms with Crippen molar-refractivity contribution in [1.29, 1.82) is 0 Å². The largest absolute Gasteiger partial charge is 0.488 e. The van der Waals surface area contributed by atoms with Crippen LogP contribution < -0.4 is 4.74 Å². The van der Waals surface area contributed by atoms with Gasteiger partial charge in [-0.05, 0) is 31.0 Å². The molecular formula is C20H19NO3S. The topological polar surface area (TPSA) is 48.4 Å². The number of rotatable bonds is 6. The fourth-order valence-corrected chi connectivity index (χ4v) is 3.25. The van der Waals surface area contributed by atoms with E-state index in [2.05, 4.69) is 4.98 Å². The third kappa shape index (κ3) is 4.06. The van der Waals surface area contributed by atoms with E-state index in [0.29, 0.717) is 18.9 Å². The number of para-hydroxylation sites is 1. The third-order valence-corrected chi connectivity index (χ3v) is 4.53. The van der Waals surface area contributed by atoms with Crippen LogP contribution in [0, 0.1) is 6.92 Å². The molecule has 0 aliphatic rings. The second-order valence-electron chi connectivity index (χ2n) is 5.48. The molecule has 5 heteroatoms. The van der Waals surface area contributed by atoms with Gasteiger partial charge in [-0.3, -0.25) is 0 Å². The quantitative estimate of drug-likeness (QED) is 0.593. The normalized spacial score (nSPS) is 10.5. The predicted octanol–water partition coefficient (Wildman–Crippen LogP) is 4.87. The summed E-state index contributed by atoms with van der Waals surface area (Å²) in [4.78, 5) is 16.3. The molecule has 4 nitrogen and oxygen atoms in total. The van der Waals surface area contributed by atoms with Gasteiger partial charge in [-0.1, -0.05) is 42.5 Å². The Balaban J connectivity index is 1.87. The molecule has 0 fully saturated rings. The van der Waals surface area contributed by atoms with E-state index in [1.54, 1.807) is 12.3 Å². The maximum Gasteiger partial charge on any atom is 0.357 e. The lowest BCUT2D eigenvalue weighted by atomic mass is 10.1. The van der Waals surface area contributed by atoms with E-state index in [-0.39, 0.29) is 0 Å². The van der Waals surface area contributed by atoms with Gasteiger partial charge in [0.1, 0.15) is 17.4 Å². The van der Waals surface area contributed by atoms with Crippen LogP contribution in [0.2, 0.25) is 0 Å². The van der Waals surface area contributed by atoms with Crippen LogP contribution >= 0.6 is 11.3 Å². The zero-order valence-electron chi connectivity index (χ0n) is 14.2. The Labute approximate surface area is 151 Å². The van der Waals surface area contributed by atoms with E-state index in [9.17, 15) is 4.79 Å². The number of hydrogen-bond donors (Lipinski definition) is 0. The van der Waals surface area contributed by atoms with Crippen LogP contribution in [0.3, 0.4) is 0 Å². The number of ether oxygens (including phenoxy) is 2. The number of aromatic nitrogens is 1. The number of benzene rings is 2. The Hall–Kier alpha value is -2.66. The summed E-state index contributed by atoms with van der Waals surface area (Å²) in [5.74, 6) is 0.389. The number of hydrogen-bond acceptors (Lipinski definition) is 5. The summed E-state index contributed by atoms with van der Waals surface area (Å²) in [6.07, 6.45) is 0. The summed E-state index contributed by atoms with van der Waals surface area (Å²) in [6, 6.07) is 15.9. The molecule has 0 atom stereocenters. The average molecular weight is 353 g/mol. The lowest BCUT2D eigenvalue weighted by Gasteiger charge is -2.13. The lowest BCUT2D eigenvalue weighted by molar-refractivity contribution is 0.0520. The Kier molecular flexibility index (Phi) is 5.46. The van der Waals surface area contributed by atoms with Crippen LogP contribution in [-0.4, -0.2) is 17.6 Å². The predicted molar refractivity (Wildman–Crippen MR) is 99.0 cm³/mol. The molecule has 0 unspecified atom stereocenters. The number of thiazole rings is 1. The van der Waals surface area contributed by atoms with Crippen LogP contribution in [0.5, 0.6) is 5.75 Å². The summed E-state index contributed by atoms with van der Waals surface area (Å²) in [5.41, 5.74) is 3.35. The highest BCUT2D eigenvalue weighted by Gasteiger charge is 2.16. The molecule has 0 bridgehead atoms. The van der Waals surface area contributed by atoms with Gasteiger partial charge >= 0.3 is 5.97 Å². The zero-order chi connectivity index (χ0) is 17.6. The number of aryl methyl sites for hydroxylation is 1. The van der Waals surface area contributed by atoms with Crippen LogP contribution in [0.4, 0.5) is 0 Å². The van der Waals surface area contributed by atoms with Gasteiger partial charge in [0.2, 0.25) is 0 Å². The van der Waals surface area contributed by atoms with Gasteiger partial charge in [0, 0.05) is 5.38 Å². The van der Waals surface area contributed by atoms with Crippen LogP contribution in [0.25, 0.3) is 10.6 Å². The van der Waals surface area contributed by atoms with E-state index in [0.717, 1.165) is 27.4 Å². The molecule has 0 spiro atoms. The molecule has 1 heterocycles. The van der Waals surface area contributed by atoms with Crippen LogP contribution in [0.15, 0.2) is 53.9 Å². The standard InChI is InChI=1S/C20H19NO3S/c1-3-23-20(22)17-13-25-19(21-17)16-11-7-8-14(2)18(16)24-12-15-9-5-4-6-10-15/h4-11,13H,3,12H2,1-2H3. The highest BCUT2D eigenvalue weighted by molar-refractivity contribution is 7.13. The Morgan fingerprint density at radius 1 is 1.12 bits per heavy atom. The van der Waals surface area contributed by atoms with Crippen molar-refractivity contribution in [1.82, 2.24) is 4.98 Å². The van der Waals surface area contributed by atoms with E-state index in [4.69, 9.17) is 9.47 Å². The lowest BCUT2D eigenvalue weighted by Crippen LogP contribution is -2.04. The first kappa shape index (κ1) is 17.2. The first-order valence-electron chi connectivity index (χ1n) is 8.08. The highest BCUT2D eigenvalue weighted by Crippen LogP contribution is 2.35. The molecule has 25 heavy (non-hydrogen) atoms. The second kappa shape index (κ2) is 7.94. The number of nitrogens with zero attached hydrogens (tertiary/aromatic N) is 1. The third-order valence-electron chi connectivity index (χ3n) is 3.66. The van der Waals surface area contributed by atoms with Gasteiger partial charge in [-0.25, -0.2) is 9.78 Å². The minimum absolute atomic E-state index is 0.331. The number of esters is 1. The monoisotopic (exact) mass is 353 g/mol. The average Bonchev–Trinajstić information content (AvgIpc) is 3.12. The van der Waals surface area contributed by atoms with Crippen molar-refractivity contribution in [3.63, 3.8) is 0 Å². The summed E-state index contributed by atoms with van der Waals surface area (Å²) < 4.78 is 11.1. The molecule has 0 aliphatic carbocycles. The maximum absolute atomic E-state index is 11.8. The Morgan fingerprint density at radius 2 is 1.92 bits per heavy atom. The maximum atomic E-state index is 11.8.